The van der Waals surface area contributed by atoms with E-state index in [0.29, 0.717) is 16.1 Å². The molecular weight excluding hydrogens is 430 g/mol. The fourth-order valence-corrected chi connectivity index (χ4v) is 4.81. The molecule has 2 heterocycles. The van der Waals surface area contributed by atoms with Crippen LogP contribution in [0.1, 0.15) is 68.9 Å². The van der Waals surface area contributed by atoms with E-state index < -0.39 is 0 Å². The van der Waals surface area contributed by atoms with E-state index >= 15 is 0 Å². The Kier molecular flexibility index (Phi) is 7.57. The molecule has 0 radical (unpaired) electrons. The minimum absolute atomic E-state index is 0.0957. The van der Waals surface area contributed by atoms with Crippen LogP contribution in [-0.2, 0) is 6.54 Å². The molecule has 33 heavy (non-hydrogen) atoms. The number of anilines is 1. The van der Waals surface area contributed by atoms with Gasteiger partial charge in [-0.1, -0.05) is 48.4 Å². The number of nitrogens with zero attached hydrogens (tertiary/aromatic N) is 1. The third kappa shape index (κ3) is 6.30. The smallest absolute Gasteiger partial charge is 0.261 e. The zero-order chi connectivity index (χ0) is 23.2. The van der Waals surface area contributed by atoms with Crippen molar-refractivity contribution in [2.24, 2.45) is 0 Å². The standard InChI is InChI=1S/C27H31N3O2S/c1-19-6-10-22(11-7-19)20(2)28-27(32)25-16-24(18-33-25)29-26(31)23-12-8-21(9-13-23)17-30-14-4-3-5-15-30/h6-13,16,18,20H,3-5,14-15,17H2,1-2H3,(H,28,32)(H,29,31). The second kappa shape index (κ2) is 10.8. The van der Waals surface area contributed by atoms with Crippen LogP contribution in [0.25, 0.3) is 0 Å². The quantitative estimate of drug-likeness (QED) is 0.468. The molecule has 1 saturated heterocycles. The highest BCUT2D eigenvalue weighted by Gasteiger charge is 2.15. The van der Waals surface area contributed by atoms with Crippen LogP contribution in [0.4, 0.5) is 5.69 Å². The van der Waals surface area contributed by atoms with Crippen LogP contribution in [0.3, 0.4) is 0 Å². The Morgan fingerprint density at radius 2 is 1.67 bits per heavy atom. The Labute approximate surface area is 199 Å². The van der Waals surface area contributed by atoms with Crippen molar-refractivity contribution in [3.05, 3.63) is 87.1 Å². The molecule has 3 aromatic rings. The number of amides is 2. The van der Waals surface area contributed by atoms with E-state index in [4.69, 9.17) is 0 Å². The monoisotopic (exact) mass is 461 g/mol. The number of hydrogen-bond donors (Lipinski definition) is 2. The first-order valence-electron chi connectivity index (χ1n) is 11.6. The van der Waals surface area contributed by atoms with Crippen molar-refractivity contribution >= 4 is 28.8 Å². The number of carbonyl (C=O) groups excluding carboxylic acids is 2. The Morgan fingerprint density at radius 3 is 2.36 bits per heavy atom. The van der Waals surface area contributed by atoms with Gasteiger partial charge in [0, 0.05) is 17.5 Å². The van der Waals surface area contributed by atoms with Gasteiger partial charge in [-0.3, -0.25) is 14.5 Å². The molecule has 5 nitrogen and oxygen atoms in total. The first-order valence-corrected chi connectivity index (χ1v) is 12.4. The van der Waals surface area contributed by atoms with Crippen molar-refractivity contribution in [3.8, 4) is 0 Å². The lowest BCUT2D eigenvalue weighted by Gasteiger charge is -2.26. The summed E-state index contributed by atoms with van der Waals surface area (Å²) in [6.07, 6.45) is 3.87. The molecule has 1 atom stereocenters. The van der Waals surface area contributed by atoms with Gasteiger partial charge in [-0.2, -0.15) is 0 Å². The highest BCUT2D eigenvalue weighted by Crippen LogP contribution is 2.22. The van der Waals surface area contributed by atoms with Crippen LogP contribution in [0.2, 0.25) is 0 Å². The number of piperidine rings is 1. The molecule has 172 valence electrons. The maximum atomic E-state index is 12.7. The summed E-state index contributed by atoms with van der Waals surface area (Å²) in [6.45, 7) is 7.25. The van der Waals surface area contributed by atoms with Crippen molar-refractivity contribution in [1.82, 2.24) is 10.2 Å². The number of thiophene rings is 1. The minimum atomic E-state index is -0.169. The maximum absolute atomic E-state index is 12.7. The first kappa shape index (κ1) is 23.2. The number of hydrogen-bond acceptors (Lipinski definition) is 4. The van der Waals surface area contributed by atoms with E-state index in [1.807, 2.05) is 62.4 Å². The van der Waals surface area contributed by atoms with Crippen molar-refractivity contribution in [1.29, 1.82) is 0 Å². The van der Waals surface area contributed by atoms with Crippen LogP contribution >= 0.6 is 11.3 Å². The molecular formula is C27H31N3O2S. The van der Waals surface area contributed by atoms with Gasteiger partial charge in [0.2, 0.25) is 0 Å². The van der Waals surface area contributed by atoms with Crippen LogP contribution < -0.4 is 10.6 Å². The number of likely N-dealkylation sites (tertiary alicyclic amines) is 1. The lowest BCUT2D eigenvalue weighted by molar-refractivity contribution is 0.0942. The Morgan fingerprint density at radius 1 is 0.970 bits per heavy atom. The molecule has 6 heteroatoms. The van der Waals surface area contributed by atoms with Crippen LogP contribution in [0, 0.1) is 6.92 Å². The van der Waals surface area contributed by atoms with E-state index in [1.165, 1.54) is 41.7 Å². The van der Waals surface area contributed by atoms with Gasteiger partial charge >= 0.3 is 0 Å². The largest absolute Gasteiger partial charge is 0.345 e. The molecule has 0 spiro atoms. The van der Waals surface area contributed by atoms with E-state index in [1.54, 1.807) is 11.4 Å². The molecule has 2 aromatic carbocycles. The molecule has 1 aliphatic rings. The summed E-state index contributed by atoms with van der Waals surface area (Å²) in [4.78, 5) is 28.4. The molecule has 0 bridgehead atoms. The van der Waals surface area contributed by atoms with Crippen LogP contribution in [0.5, 0.6) is 0 Å². The summed E-state index contributed by atoms with van der Waals surface area (Å²) in [5, 5.41) is 7.73. The van der Waals surface area contributed by atoms with Crippen molar-refractivity contribution in [2.45, 2.75) is 45.7 Å². The van der Waals surface area contributed by atoms with E-state index in [9.17, 15) is 9.59 Å². The highest BCUT2D eigenvalue weighted by molar-refractivity contribution is 7.12. The summed E-state index contributed by atoms with van der Waals surface area (Å²) < 4.78 is 0. The average molecular weight is 462 g/mol. The third-order valence-electron chi connectivity index (χ3n) is 6.08. The molecule has 1 fully saturated rings. The summed E-state index contributed by atoms with van der Waals surface area (Å²) in [5.74, 6) is -0.312. The number of carbonyl (C=O) groups is 2. The predicted molar refractivity (Wildman–Crippen MR) is 135 cm³/mol. The molecule has 1 aliphatic heterocycles. The topological polar surface area (TPSA) is 61.4 Å². The number of rotatable bonds is 7. The Hall–Kier alpha value is -2.96. The van der Waals surface area contributed by atoms with Gasteiger partial charge in [0.05, 0.1) is 16.6 Å². The van der Waals surface area contributed by atoms with E-state index in [0.717, 1.165) is 25.2 Å². The molecule has 0 saturated carbocycles. The zero-order valence-corrected chi connectivity index (χ0v) is 20.1. The van der Waals surface area contributed by atoms with Gasteiger partial charge in [-0.05, 0) is 69.1 Å². The maximum Gasteiger partial charge on any atom is 0.261 e. The summed E-state index contributed by atoms with van der Waals surface area (Å²) in [7, 11) is 0. The van der Waals surface area contributed by atoms with Crippen LogP contribution in [0.15, 0.2) is 60.0 Å². The molecule has 2 amide bonds. The highest BCUT2D eigenvalue weighted by atomic mass is 32.1. The Balaban J connectivity index is 1.31. The molecule has 1 aromatic heterocycles. The van der Waals surface area contributed by atoms with E-state index in [-0.39, 0.29) is 17.9 Å². The summed E-state index contributed by atoms with van der Waals surface area (Å²) >= 11 is 1.32. The summed E-state index contributed by atoms with van der Waals surface area (Å²) in [6, 6.07) is 17.6. The molecule has 1 unspecified atom stereocenters. The fourth-order valence-electron chi connectivity index (χ4n) is 4.07. The lowest BCUT2D eigenvalue weighted by atomic mass is 10.1. The molecule has 2 N–H and O–H groups in total. The van der Waals surface area contributed by atoms with Crippen molar-refractivity contribution in [3.63, 3.8) is 0 Å². The van der Waals surface area contributed by atoms with Crippen molar-refractivity contribution < 1.29 is 9.59 Å². The van der Waals surface area contributed by atoms with Gasteiger partial charge in [0.25, 0.3) is 11.8 Å². The Bertz CT molecular complexity index is 1080. The zero-order valence-electron chi connectivity index (χ0n) is 19.3. The summed E-state index contributed by atoms with van der Waals surface area (Å²) in [5.41, 5.74) is 4.72. The van der Waals surface area contributed by atoms with Crippen LogP contribution in [-0.4, -0.2) is 29.8 Å². The third-order valence-corrected chi connectivity index (χ3v) is 7.01. The normalized spacial score (nSPS) is 15.1. The second-order valence-corrected chi connectivity index (χ2v) is 9.70. The van der Waals surface area contributed by atoms with Gasteiger partial charge in [-0.25, -0.2) is 0 Å². The number of benzene rings is 2. The number of aryl methyl sites for hydroxylation is 1. The SMILES string of the molecule is Cc1ccc(C(C)NC(=O)c2cc(NC(=O)c3ccc(CN4CCCCC4)cc3)cs2)cc1. The second-order valence-electron chi connectivity index (χ2n) is 8.79. The first-order chi connectivity index (χ1) is 16.0. The average Bonchev–Trinajstić information content (AvgIpc) is 3.29. The van der Waals surface area contributed by atoms with Gasteiger partial charge in [-0.15, -0.1) is 11.3 Å². The predicted octanol–water partition coefficient (Wildman–Crippen LogP) is 5.79. The lowest BCUT2D eigenvalue weighted by Crippen LogP contribution is -2.29. The van der Waals surface area contributed by atoms with Gasteiger partial charge in [0.15, 0.2) is 0 Å². The number of nitrogens with one attached hydrogen (secondary N) is 2. The fraction of sp³-hybridized carbons (Fsp3) is 0.333. The minimum Gasteiger partial charge on any atom is -0.345 e. The van der Waals surface area contributed by atoms with Crippen molar-refractivity contribution in [2.75, 3.05) is 18.4 Å². The molecule has 4 rings (SSSR count). The van der Waals surface area contributed by atoms with Gasteiger partial charge < -0.3 is 10.6 Å². The van der Waals surface area contributed by atoms with E-state index in [2.05, 4.69) is 15.5 Å². The molecule has 0 aliphatic carbocycles. The van der Waals surface area contributed by atoms with Gasteiger partial charge in [0.1, 0.15) is 0 Å².